The molecule has 2 amide bonds. The third-order valence-corrected chi connectivity index (χ3v) is 2.90. The molecule has 23 heavy (non-hydrogen) atoms. The van der Waals surface area contributed by atoms with Crippen LogP contribution in [0.4, 0.5) is 5.69 Å². The van der Waals surface area contributed by atoms with Gasteiger partial charge in [-0.15, -0.1) is 0 Å². The molecule has 3 N–H and O–H groups in total. The molecule has 0 aliphatic rings. The first-order valence-corrected chi connectivity index (χ1v) is 6.87. The number of nitrogens with two attached hydrogens (primary N) is 1. The van der Waals surface area contributed by atoms with Crippen molar-refractivity contribution >= 4 is 23.5 Å². The van der Waals surface area contributed by atoms with Crippen molar-refractivity contribution in [1.82, 2.24) is 10.3 Å². The zero-order chi connectivity index (χ0) is 16.8. The number of nitrogens with one attached hydrogen (secondary N) is 1. The number of benzene rings is 1. The lowest BCUT2D eigenvalue weighted by Gasteiger charge is -2.07. The van der Waals surface area contributed by atoms with E-state index in [0.717, 1.165) is 0 Å². The SMILES string of the molecule is CCOC(=O)c1cccc(C(=O)NC(=O)c2ccccc2N)n1. The van der Waals surface area contributed by atoms with Crippen molar-refractivity contribution in [3.8, 4) is 0 Å². The van der Waals surface area contributed by atoms with Crippen molar-refractivity contribution in [2.24, 2.45) is 0 Å². The molecular weight excluding hydrogens is 298 g/mol. The summed E-state index contributed by atoms with van der Waals surface area (Å²) in [6.45, 7) is 1.86. The maximum Gasteiger partial charge on any atom is 0.356 e. The van der Waals surface area contributed by atoms with E-state index in [4.69, 9.17) is 10.5 Å². The highest BCUT2D eigenvalue weighted by molar-refractivity contribution is 6.11. The predicted octanol–water partition coefficient (Wildman–Crippen LogP) is 1.41. The smallest absolute Gasteiger partial charge is 0.356 e. The van der Waals surface area contributed by atoms with Gasteiger partial charge in [0.1, 0.15) is 11.4 Å². The molecule has 0 aliphatic heterocycles. The number of rotatable bonds is 4. The highest BCUT2D eigenvalue weighted by Crippen LogP contribution is 2.10. The van der Waals surface area contributed by atoms with Gasteiger partial charge in [0.15, 0.2) is 0 Å². The summed E-state index contributed by atoms with van der Waals surface area (Å²) >= 11 is 0. The van der Waals surface area contributed by atoms with Crippen LogP contribution in [0.2, 0.25) is 0 Å². The highest BCUT2D eigenvalue weighted by atomic mass is 16.5. The summed E-state index contributed by atoms with van der Waals surface area (Å²) < 4.78 is 4.81. The quantitative estimate of drug-likeness (QED) is 0.501. The molecule has 118 valence electrons. The van der Waals surface area contributed by atoms with Crippen LogP contribution in [-0.2, 0) is 4.74 Å². The number of amides is 2. The molecule has 0 bridgehead atoms. The van der Waals surface area contributed by atoms with E-state index in [1.54, 1.807) is 25.1 Å². The van der Waals surface area contributed by atoms with Gasteiger partial charge in [0.2, 0.25) is 0 Å². The summed E-state index contributed by atoms with van der Waals surface area (Å²) in [4.78, 5) is 39.6. The van der Waals surface area contributed by atoms with Gasteiger partial charge in [-0.2, -0.15) is 0 Å². The number of pyridine rings is 1. The average molecular weight is 313 g/mol. The monoisotopic (exact) mass is 313 g/mol. The van der Waals surface area contributed by atoms with E-state index in [9.17, 15) is 14.4 Å². The fourth-order valence-electron chi connectivity index (χ4n) is 1.82. The van der Waals surface area contributed by atoms with Crippen LogP contribution in [0.3, 0.4) is 0 Å². The molecule has 1 aromatic heterocycles. The Morgan fingerprint density at radius 2 is 1.74 bits per heavy atom. The number of nitrogens with zero attached hydrogens (tertiary/aromatic N) is 1. The molecule has 0 radical (unpaired) electrons. The van der Waals surface area contributed by atoms with E-state index < -0.39 is 17.8 Å². The molecular formula is C16H15N3O4. The summed E-state index contributed by atoms with van der Waals surface area (Å²) in [6, 6.07) is 10.7. The van der Waals surface area contributed by atoms with Crippen LogP contribution in [0, 0.1) is 0 Å². The van der Waals surface area contributed by atoms with Crippen molar-refractivity contribution < 1.29 is 19.1 Å². The van der Waals surface area contributed by atoms with E-state index >= 15 is 0 Å². The molecule has 0 saturated carbocycles. The Bertz CT molecular complexity index is 758. The van der Waals surface area contributed by atoms with Gasteiger partial charge in [-0.25, -0.2) is 9.78 Å². The van der Waals surface area contributed by atoms with Crippen LogP contribution in [0.25, 0.3) is 0 Å². The Kier molecular flexibility index (Phi) is 5.03. The molecule has 7 nitrogen and oxygen atoms in total. The molecule has 7 heteroatoms. The summed E-state index contributed by atoms with van der Waals surface area (Å²) in [5.41, 5.74) is 6.04. The number of esters is 1. The topological polar surface area (TPSA) is 111 Å². The summed E-state index contributed by atoms with van der Waals surface area (Å²) in [5, 5.41) is 2.18. The maximum absolute atomic E-state index is 12.1. The number of hydrogen-bond acceptors (Lipinski definition) is 6. The zero-order valence-corrected chi connectivity index (χ0v) is 12.4. The Morgan fingerprint density at radius 1 is 1.04 bits per heavy atom. The van der Waals surface area contributed by atoms with E-state index in [2.05, 4.69) is 10.3 Å². The fraction of sp³-hybridized carbons (Fsp3) is 0.125. The van der Waals surface area contributed by atoms with Gasteiger partial charge in [0.25, 0.3) is 11.8 Å². The number of aromatic nitrogens is 1. The summed E-state index contributed by atoms with van der Waals surface area (Å²) in [7, 11) is 0. The van der Waals surface area contributed by atoms with Gasteiger partial charge < -0.3 is 10.5 Å². The molecule has 2 rings (SSSR count). The molecule has 2 aromatic rings. The first-order valence-electron chi connectivity index (χ1n) is 6.87. The van der Waals surface area contributed by atoms with Crippen molar-refractivity contribution in [2.75, 3.05) is 12.3 Å². The third-order valence-electron chi connectivity index (χ3n) is 2.90. The Hall–Kier alpha value is -3.22. The van der Waals surface area contributed by atoms with Crippen molar-refractivity contribution in [2.45, 2.75) is 6.92 Å². The minimum absolute atomic E-state index is 0.00817. The number of para-hydroxylation sites is 1. The summed E-state index contributed by atoms with van der Waals surface area (Å²) in [6.07, 6.45) is 0. The molecule has 0 saturated heterocycles. The first-order chi connectivity index (χ1) is 11.0. The van der Waals surface area contributed by atoms with Crippen LogP contribution in [0.1, 0.15) is 38.3 Å². The minimum atomic E-state index is -0.732. The normalized spacial score (nSPS) is 9.96. The van der Waals surface area contributed by atoms with Crippen molar-refractivity contribution in [1.29, 1.82) is 0 Å². The van der Waals surface area contributed by atoms with Crippen LogP contribution in [-0.4, -0.2) is 29.4 Å². The van der Waals surface area contributed by atoms with Gasteiger partial charge in [-0.3, -0.25) is 14.9 Å². The molecule has 0 aliphatic carbocycles. The summed E-state index contributed by atoms with van der Waals surface area (Å²) in [5.74, 6) is -2.01. The van der Waals surface area contributed by atoms with Crippen molar-refractivity contribution in [3.05, 3.63) is 59.4 Å². The van der Waals surface area contributed by atoms with E-state index in [1.165, 1.54) is 24.3 Å². The number of carbonyl (C=O) groups excluding carboxylic acids is 3. The molecule has 0 fully saturated rings. The lowest BCUT2D eigenvalue weighted by molar-refractivity contribution is 0.0519. The van der Waals surface area contributed by atoms with Gasteiger partial charge >= 0.3 is 5.97 Å². The zero-order valence-electron chi connectivity index (χ0n) is 12.4. The van der Waals surface area contributed by atoms with Gasteiger partial charge in [-0.05, 0) is 31.2 Å². The first kappa shape index (κ1) is 16.2. The van der Waals surface area contributed by atoms with Crippen LogP contribution in [0.15, 0.2) is 42.5 Å². The van der Waals surface area contributed by atoms with E-state index in [-0.39, 0.29) is 29.2 Å². The van der Waals surface area contributed by atoms with Gasteiger partial charge in [0.05, 0.1) is 12.2 Å². The molecule has 0 atom stereocenters. The predicted molar refractivity (Wildman–Crippen MR) is 82.8 cm³/mol. The third kappa shape index (κ3) is 3.91. The fourth-order valence-corrected chi connectivity index (χ4v) is 1.82. The second-order valence-electron chi connectivity index (χ2n) is 4.50. The Labute approximate surface area is 132 Å². The number of carbonyl (C=O) groups is 3. The van der Waals surface area contributed by atoms with Crippen LogP contribution < -0.4 is 11.1 Å². The second kappa shape index (κ2) is 7.17. The van der Waals surface area contributed by atoms with Crippen LogP contribution >= 0.6 is 0 Å². The maximum atomic E-state index is 12.1. The van der Waals surface area contributed by atoms with Gasteiger partial charge in [0, 0.05) is 5.69 Å². The molecule has 1 heterocycles. The standard InChI is InChI=1S/C16H15N3O4/c1-2-23-16(22)13-9-5-8-12(18-13)15(21)19-14(20)10-6-3-4-7-11(10)17/h3-9H,2,17H2,1H3,(H,19,20,21). The minimum Gasteiger partial charge on any atom is -0.461 e. The molecule has 0 spiro atoms. The van der Waals surface area contributed by atoms with E-state index in [0.29, 0.717) is 0 Å². The number of ether oxygens (including phenoxy) is 1. The highest BCUT2D eigenvalue weighted by Gasteiger charge is 2.17. The lowest BCUT2D eigenvalue weighted by Crippen LogP contribution is -2.31. The Balaban J connectivity index is 2.15. The Morgan fingerprint density at radius 3 is 2.43 bits per heavy atom. The number of imide groups is 1. The second-order valence-corrected chi connectivity index (χ2v) is 4.50. The molecule has 0 unspecified atom stereocenters. The largest absolute Gasteiger partial charge is 0.461 e. The number of hydrogen-bond donors (Lipinski definition) is 2. The van der Waals surface area contributed by atoms with Crippen molar-refractivity contribution in [3.63, 3.8) is 0 Å². The molecule has 1 aromatic carbocycles. The number of nitrogen functional groups attached to an aromatic ring is 1. The van der Waals surface area contributed by atoms with E-state index in [1.807, 2.05) is 0 Å². The van der Waals surface area contributed by atoms with Gasteiger partial charge in [-0.1, -0.05) is 18.2 Å². The average Bonchev–Trinajstić information content (AvgIpc) is 2.55. The number of anilines is 1. The lowest BCUT2D eigenvalue weighted by atomic mass is 10.1. The van der Waals surface area contributed by atoms with Crippen LogP contribution in [0.5, 0.6) is 0 Å².